The molecule has 2 unspecified atom stereocenters. The predicted molar refractivity (Wildman–Crippen MR) is 283 cm³/mol. The van der Waals surface area contributed by atoms with Gasteiger partial charge in [-0.25, -0.2) is 0 Å². The summed E-state index contributed by atoms with van der Waals surface area (Å²) < 4.78 is 5.48. The average molecular weight is 921 g/mol. The molecule has 6 heteroatoms. The molecule has 3 N–H and O–H groups in total. The lowest BCUT2D eigenvalue weighted by molar-refractivity contribution is -0.143. The van der Waals surface area contributed by atoms with E-state index in [2.05, 4.69) is 19.2 Å². The molecule has 0 radical (unpaired) electrons. The van der Waals surface area contributed by atoms with Crippen molar-refractivity contribution in [1.29, 1.82) is 0 Å². The van der Waals surface area contributed by atoms with Gasteiger partial charge in [-0.05, 0) is 25.7 Å². The summed E-state index contributed by atoms with van der Waals surface area (Å²) in [5, 5.41) is 23.3. The summed E-state index contributed by atoms with van der Waals surface area (Å²) in [6.07, 6.45) is 63.8. The Morgan fingerprint density at radius 1 is 0.369 bits per heavy atom. The largest absolute Gasteiger partial charge is 0.466 e. The van der Waals surface area contributed by atoms with Crippen LogP contribution < -0.4 is 5.32 Å². The molecule has 0 aliphatic rings. The van der Waals surface area contributed by atoms with Crippen molar-refractivity contribution in [2.24, 2.45) is 0 Å². The summed E-state index contributed by atoms with van der Waals surface area (Å²) in [4.78, 5) is 24.5. The number of hydrogen-bond donors (Lipinski definition) is 3. The molecule has 0 aromatic carbocycles. The van der Waals surface area contributed by atoms with E-state index in [1.54, 1.807) is 0 Å². The first-order valence-electron chi connectivity index (χ1n) is 29.8. The van der Waals surface area contributed by atoms with Crippen LogP contribution >= 0.6 is 0 Å². The molecule has 0 aliphatic heterocycles. The van der Waals surface area contributed by atoms with Gasteiger partial charge in [0.25, 0.3) is 0 Å². The molecule has 0 aromatic rings. The Morgan fingerprint density at radius 3 is 0.938 bits per heavy atom. The first-order chi connectivity index (χ1) is 32.0. The van der Waals surface area contributed by atoms with Gasteiger partial charge in [0.1, 0.15) is 0 Å². The van der Waals surface area contributed by atoms with Crippen LogP contribution in [-0.2, 0) is 14.3 Å². The predicted octanol–water partition coefficient (Wildman–Crippen LogP) is 18.3. The highest BCUT2D eigenvalue weighted by Crippen LogP contribution is 2.18. The lowest BCUT2D eigenvalue weighted by Crippen LogP contribution is -2.45. The highest BCUT2D eigenvalue weighted by Gasteiger charge is 2.20. The van der Waals surface area contributed by atoms with Crippen LogP contribution in [0.15, 0.2) is 0 Å². The summed E-state index contributed by atoms with van der Waals surface area (Å²) in [7, 11) is 0. The molecule has 0 aromatic heterocycles. The minimum Gasteiger partial charge on any atom is -0.466 e. The van der Waals surface area contributed by atoms with Crippen LogP contribution in [0, 0.1) is 0 Å². The third kappa shape index (κ3) is 52.1. The zero-order valence-electron chi connectivity index (χ0n) is 44.3. The monoisotopic (exact) mass is 920 g/mol. The van der Waals surface area contributed by atoms with Crippen LogP contribution in [0.5, 0.6) is 0 Å². The van der Waals surface area contributed by atoms with Gasteiger partial charge in [-0.3, -0.25) is 9.59 Å². The second-order valence-electron chi connectivity index (χ2n) is 20.7. The first-order valence-corrected chi connectivity index (χ1v) is 29.8. The Balaban J connectivity index is 3.40. The van der Waals surface area contributed by atoms with Crippen LogP contribution in [0.1, 0.15) is 341 Å². The first kappa shape index (κ1) is 63.9. The Labute approximate surface area is 406 Å². The maximum atomic E-state index is 12.5. The van der Waals surface area contributed by atoms with Crippen molar-refractivity contribution in [1.82, 2.24) is 5.32 Å². The highest BCUT2D eigenvalue weighted by atomic mass is 16.5. The molecular formula is C59H117NO5. The number of hydrogen-bond acceptors (Lipinski definition) is 5. The fourth-order valence-electron chi connectivity index (χ4n) is 9.58. The van der Waals surface area contributed by atoms with E-state index in [1.807, 2.05) is 0 Å². The smallest absolute Gasteiger partial charge is 0.305 e. The average Bonchev–Trinajstić information content (AvgIpc) is 3.31. The van der Waals surface area contributed by atoms with Crippen molar-refractivity contribution in [3.63, 3.8) is 0 Å². The van der Waals surface area contributed by atoms with Crippen molar-refractivity contribution >= 4 is 11.9 Å². The SMILES string of the molecule is CCCCCCCCCCCCCCCCCCCC(O)C(CO)NC(=O)CCCCCCCCCCCCCCCCCCOC(=O)CCCCCCCCCCCCCCCCC. The summed E-state index contributed by atoms with van der Waals surface area (Å²) >= 11 is 0. The maximum absolute atomic E-state index is 12.5. The van der Waals surface area contributed by atoms with Gasteiger partial charge >= 0.3 is 5.97 Å². The standard InChI is InChI=1S/C59H117NO5/c1-3-5-7-9-11-13-15-17-19-20-24-27-31-35-39-43-47-51-57(62)56(55-61)60-58(63)52-48-44-40-36-32-28-25-21-22-26-30-34-38-42-46-50-54-65-59(64)53-49-45-41-37-33-29-23-18-16-14-12-10-8-6-4-2/h56-57,61-62H,3-55H2,1-2H3,(H,60,63). The third-order valence-corrected chi connectivity index (χ3v) is 14.2. The fraction of sp³-hybridized carbons (Fsp3) is 0.966. The van der Waals surface area contributed by atoms with Gasteiger partial charge < -0.3 is 20.3 Å². The highest BCUT2D eigenvalue weighted by molar-refractivity contribution is 5.76. The number of carbonyl (C=O) groups is 2. The van der Waals surface area contributed by atoms with Gasteiger partial charge in [-0.15, -0.1) is 0 Å². The van der Waals surface area contributed by atoms with Gasteiger partial charge in [0, 0.05) is 12.8 Å². The molecule has 0 bridgehead atoms. The normalized spacial score (nSPS) is 12.5. The number of rotatable bonds is 56. The molecule has 0 saturated heterocycles. The Bertz CT molecular complexity index is 928. The Kier molecular flexibility index (Phi) is 54.5. The molecule has 388 valence electrons. The molecule has 0 heterocycles. The molecule has 1 amide bonds. The van der Waals surface area contributed by atoms with Crippen molar-refractivity contribution in [3.8, 4) is 0 Å². The Hall–Kier alpha value is -1.14. The number of amides is 1. The van der Waals surface area contributed by atoms with E-state index >= 15 is 0 Å². The van der Waals surface area contributed by atoms with E-state index in [0.717, 1.165) is 38.5 Å². The van der Waals surface area contributed by atoms with Crippen LogP contribution in [0.3, 0.4) is 0 Å². The minimum absolute atomic E-state index is 0.00722. The number of carbonyl (C=O) groups excluding carboxylic acids is 2. The molecular weight excluding hydrogens is 803 g/mol. The topological polar surface area (TPSA) is 95.9 Å². The number of aliphatic hydroxyl groups excluding tert-OH is 2. The van der Waals surface area contributed by atoms with Gasteiger partial charge in [-0.2, -0.15) is 0 Å². The Morgan fingerprint density at radius 2 is 0.631 bits per heavy atom. The number of esters is 1. The molecule has 2 atom stereocenters. The number of aliphatic hydroxyl groups is 2. The zero-order chi connectivity index (χ0) is 47.2. The van der Waals surface area contributed by atoms with E-state index in [1.165, 1.54) is 270 Å². The summed E-state index contributed by atoms with van der Waals surface area (Å²) in [5.74, 6) is -0.0309. The van der Waals surface area contributed by atoms with Gasteiger partial charge in [0.15, 0.2) is 0 Å². The number of unbranched alkanes of at least 4 members (excludes halogenated alkanes) is 45. The summed E-state index contributed by atoms with van der Waals surface area (Å²) in [5.41, 5.74) is 0. The van der Waals surface area contributed by atoms with Crippen molar-refractivity contribution < 1.29 is 24.5 Å². The van der Waals surface area contributed by atoms with E-state index in [0.29, 0.717) is 25.9 Å². The molecule has 0 fully saturated rings. The lowest BCUT2D eigenvalue weighted by Gasteiger charge is -2.22. The van der Waals surface area contributed by atoms with Crippen molar-refractivity contribution in [3.05, 3.63) is 0 Å². The number of nitrogens with one attached hydrogen (secondary N) is 1. The molecule has 0 saturated carbocycles. The van der Waals surface area contributed by atoms with Gasteiger partial charge in [0.2, 0.25) is 5.91 Å². The quantitative estimate of drug-likeness (QED) is 0.0417. The fourth-order valence-corrected chi connectivity index (χ4v) is 9.58. The second kappa shape index (κ2) is 55.5. The second-order valence-corrected chi connectivity index (χ2v) is 20.7. The van der Waals surface area contributed by atoms with Crippen LogP contribution in [0.2, 0.25) is 0 Å². The van der Waals surface area contributed by atoms with Crippen molar-refractivity contribution in [2.75, 3.05) is 13.2 Å². The summed E-state index contributed by atoms with van der Waals surface area (Å²) in [6.45, 7) is 4.97. The molecule has 65 heavy (non-hydrogen) atoms. The molecule has 6 nitrogen and oxygen atoms in total. The molecule has 0 rings (SSSR count). The molecule has 0 spiro atoms. The van der Waals surface area contributed by atoms with Crippen LogP contribution in [0.25, 0.3) is 0 Å². The van der Waals surface area contributed by atoms with Crippen LogP contribution in [-0.4, -0.2) is 47.4 Å². The van der Waals surface area contributed by atoms with E-state index in [-0.39, 0.29) is 18.5 Å². The zero-order valence-corrected chi connectivity index (χ0v) is 44.3. The van der Waals surface area contributed by atoms with Crippen molar-refractivity contribution in [2.45, 2.75) is 353 Å². The van der Waals surface area contributed by atoms with E-state index in [4.69, 9.17) is 4.74 Å². The number of ether oxygens (including phenoxy) is 1. The minimum atomic E-state index is -0.668. The van der Waals surface area contributed by atoms with Crippen LogP contribution in [0.4, 0.5) is 0 Å². The van der Waals surface area contributed by atoms with E-state index in [9.17, 15) is 19.8 Å². The third-order valence-electron chi connectivity index (χ3n) is 14.2. The van der Waals surface area contributed by atoms with Gasteiger partial charge in [0.05, 0.1) is 25.4 Å². The molecule has 0 aliphatic carbocycles. The maximum Gasteiger partial charge on any atom is 0.305 e. The van der Waals surface area contributed by atoms with Gasteiger partial charge in [-0.1, -0.05) is 303 Å². The summed E-state index contributed by atoms with van der Waals surface area (Å²) in [6, 6.07) is -0.545. The lowest BCUT2D eigenvalue weighted by atomic mass is 10.0. The van der Waals surface area contributed by atoms with E-state index < -0.39 is 12.1 Å².